The number of rotatable bonds is 8. The molecule has 5 nitrogen and oxygen atoms in total. The molecule has 0 aromatic carbocycles. The third-order valence-corrected chi connectivity index (χ3v) is 2.81. The van der Waals surface area contributed by atoms with Crippen LogP contribution >= 0.6 is 0 Å². The summed E-state index contributed by atoms with van der Waals surface area (Å²) >= 11 is 0. The van der Waals surface area contributed by atoms with Gasteiger partial charge >= 0.3 is 0 Å². The maximum absolute atomic E-state index is 11.8. The lowest BCUT2D eigenvalue weighted by atomic mass is 9.94. The largest absolute Gasteiger partial charge is 0.352 e. The minimum Gasteiger partial charge on any atom is -0.352 e. The van der Waals surface area contributed by atoms with Crippen molar-refractivity contribution in [1.29, 1.82) is 0 Å². The van der Waals surface area contributed by atoms with E-state index in [1.54, 1.807) is 6.92 Å². The van der Waals surface area contributed by atoms with Gasteiger partial charge in [0.05, 0.1) is 0 Å². The SMILES string of the molecule is CC(C)CC(CN)CC(=O)NC(C)C(=O)NC(C)C. The van der Waals surface area contributed by atoms with Crippen LogP contribution in [0.4, 0.5) is 0 Å². The van der Waals surface area contributed by atoms with Crippen molar-refractivity contribution in [3.63, 3.8) is 0 Å². The molecule has 2 atom stereocenters. The van der Waals surface area contributed by atoms with E-state index < -0.39 is 6.04 Å². The second-order valence-electron chi connectivity index (χ2n) is 5.89. The number of carbonyl (C=O) groups is 2. The monoisotopic (exact) mass is 271 g/mol. The molecule has 112 valence electrons. The zero-order chi connectivity index (χ0) is 15.0. The molecular formula is C14H29N3O2. The Hall–Kier alpha value is -1.10. The highest BCUT2D eigenvalue weighted by Gasteiger charge is 2.19. The van der Waals surface area contributed by atoms with Crippen LogP contribution in [0.15, 0.2) is 0 Å². The second-order valence-corrected chi connectivity index (χ2v) is 5.89. The Kier molecular flexibility index (Phi) is 8.39. The summed E-state index contributed by atoms with van der Waals surface area (Å²) in [6.07, 6.45) is 1.31. The summed E-state index contributed by atoms with van der Waals surface area (Å²) in [5.74, 6) is 0.433. The molecule has 0 aliphatic carbocycles. The zero-order valence-electron chi connectivity index (χ0n) is 12.8. The Labute approximate surface area is 116 Å². The number of amides is 2. The first kappa shape index (κ1) is 17.9. The van der Waals surface area contributed by atoms with Gasteiger partial charge < -0.3 is 16.4 Å². The van der Waals surface area contributed by atoms with Crippen molar-refractivity contribution >= 4 is 11.8 Å². The zero-order valence-corrected chi connectivity index (χ0v) is 12.8. The van der Waals surface area contributed by atoms with E-state index in [4.69, 9.17) is 5.73 Å². The highest BCUT2D eigenvalue weighted by molar-refractivity contribution is 5.87. The molecule has 0 saturated carbocycles. The van der Waals surface area contributed by atoms with E-state index in [-0.39, 0.29) is 23.8 Å². The highest BCUT2D eigenvalue weighted by Crippen LogP contribution is 2.14. The molecule has 19 heavy (non-hydrogen) atoms. The van der Waals surface area contributed by atoms with E-state index in [0.717, 1.165) is 6.42 Å². The van der Waals surface area contributed by atoms with Crippen molar-refractivity contribution in [2.45, 2.75) is 59.5 Å². The molecule has 0 rings (SSSR count). The average molecular weight is 271 g/mol. The van der Waals surface area contributed by atoms with Crippen LogP contribution in [-0.4, -0.2) is 30.4 Å². The number of carbonyl (C=O) groups excluding carboxylic acids is 2. The van der Waals surface area contributed by atoms with Gasteiger partial charge in [0.25, 0.3) is 0 Å². The number of hydrogen-bond donors (Lipinski definition) is 3. The molecule has 5 heteroatoms. The molecule has 0 saturated heterocycles. The lowest BCUT2D eigenvalue weighted by Gasteiger charge is -2.19. The van der Waals surface area contributed by atoms with E-state index in [1.807, 2.05) is 13.8 Å². The molecule has 2 unspecified atom stereocenters. The van der Waals surface area contributed by atoms with Crippen LogP contribution in [0.1, 0.15) is 47.5 Å². The van der Waals surface area contributed by atoms with Crippen molar-refractivity contribution in [1.82, 2.24) is 10.6 Å². The van der Waals surface area contributed by atoms with Crippen molar-refractivity contribution in [2.75, 3.05) is 6.54 Å². The van der Waals surface area contributed by atoms with Crippen LogP contribution in [0.5, 0.6) is 0 Å². The van der Waals surface area contributed by atoms with Gasteiger partial charge in [0.1, 0.15) is 6.04 Å². The molecule has 0 fully saturated rings. The maximum atomic E-state index is 11.8. The number of nitrogens with one attached hydrogen (secondary N) is 2. The van der Waals surface area contributed by atoms with Crippen molar-refractivity contribution in [2.24, 2.45) is 17.6 Å². The van der Waals surface area contributed by atoms with Gasteiger partial charge in [-0.1, -0.05) is 13.8 Å². The summed E-state index contributed by atoms with van der Waals surface area (Å²) in [6.45, 7) is 10.2. The van der Waals surface area contributed by atoms with Crippen LogP contribution in [0.3, 0.4) is 0 Å². The molecule has 0 aliphatic heterocycles. The van der Waals surface area contributed by atoms with Crippen LogP contribution < -0.4 is 16.4 Å². The molecule has 4 N–H and O–H groups in total. The molecule has 0 aromatic rings. The topological polar surface area (TPSA) is 84.2 Å². The van der Waals surface area contributed by atoms with Gasteiger partial charge in [0.2, 0.25) is 11.8 Å². The summed E-state index contributed by atoms with van der Waals surface area (Å²) in [5.41, 5.74) is 5.67. The van der Waals surface area contributed by atoms with E-state index in [0.29, 0.717) is 18.9 Å². The molecule has 0 bridgehead atoms. The lowest BCUT2D eigenvalue weighted by molar-refractivity contribution is -0.129. The molecule has 0 heterocycles. The fourth-order valence-corrected chi connectivity index (χ4v) is 1.97. The van der Waals surface area contributed by atoms with Gasteiger partial charge in [0.15, 0.2) is 0 Å². The highest BCUT2D eigenvalue weighted by atomic mass is 16.2. The third kappa shape index (κ3) is 8.59. The van der Waals surface area contributed by atoms with Gasteiger partial charge in [-0.25, -0.2) is 0 Å². The number of hydrogen-bond acceptors (Lipinski definition) is 3. The Balaban J connectivity index is 4.18. The summed E-state index contributed by atoms with van der Waals surface area (Å²) in [4.78, 5) is 23.5. The summed E-state index contributed by atoms with van der Waals surface area (Å²) < 4.78 is 0. The molecule has 0 spiro atoms. The predicted molar refractivity (Wildman–Crippen MR) is 77.5 cm³/mol. The third-order valence-electron chi connectivity index (χ3n) is 2.81. The van der Waals surface area contributed by atoms with Gasteiger partial charge in [-0.05, 0) is 45.6 Å². The second kappa shape index (κ2) is 8.91. The van der Waals surface area contributed by atoms with Crippen LogP contribution in [-0.2, 0) is 9.59 Å². The van der Waals surface area contributed by atoms with Gasteiger partial charge in [-0.2, -0.15) is 0 Å². The van der Waals surface area contributed by atoms with Crippen LogP contribution in [0.2, 0.25) is 0 Å². The molecule has 2 amide bonds. The fourth-order valence-electron chi connectivity index (χ4n) is 1.97. The fraction of sp³-hybridized carbons (Fsp3) is 0.857. The normalized spacial score (nSPS) is 14.3. The Morgan fingerprint density at radius 1 is 1.05 bits per heavy atom. The van der Waals surface area contributed by atoms with Crippen molar-refractivity contribution in [3.05, 3.63) is 0 Å². The standard InChI is InChI=1S/C14H29N3O2/c1-9(2)6-12(8-15)7-13(18)17-11(5)14(19)16-10(3)4/h9-12H,6-8,15H2,1-5H3,(H,16,19)(H,17,18). The van der Waals surface area contributed by atoms with Crippen LogP contribution in [0, 0.1) is 11.8 Å². The van der Waals surface area contributed by atoms with Gasteiger partial charge in [-0.15, -0.1) is 0 Å². The van der Waals surface area contributed by atoms with E-state index >= 15 is 0 Å². The summed E-state index contributed by atoms with van der Waals surface area (Å²) in [7, 11) is 0. The van der Waals surface area contributed by atoms with Gasteiger partial charge in [0, 0.05) is 12.5 Å². The summed E-state index contributed by atoms with van der Waals surface area (Å²) in [6, 6.07) is -0.433. The molecule has 0 aromatic heterocycles. The number of nitrogens with two attached hydrogens (primary N) is 1. The molecule has 0 aliphatic rings. The predicted octanol–water partition coefficient (Wildman–Crippen LogP) is 1.03. The molecule has 0 radical (unpaired) electrons. The van der Waals surface area contributed by atoms with E-state index in [1.165, 1.54) is 0 Å². The first-order valence-electron chi connectivity index (χ1n) is 7.06. The molecular weight excluding hydrogens is 242 g/mol. The first-order valence-corrected chi connectivity index (χ1v) is 7.06. The van der Waals surface area contributed by atoms with Gasteiger partial charge in [-0.3, -0.25) is 9.59 Å². The Morgan fingerprint density at radius 2 is 1.63 bits per heavy atom. The van der Waals surface area contributed by atoms with Crippen LogP contribution in [0.25, 0.3) is 0 Å². The smallest absolute Gasteiger partial charge is 0.242 e. The minimum atomic E-state index is -0.507. The minimum absolute atomic E-state index is 0.0737. The van der Waals surface area contributed by atoms with E-state index in [2.05, 4.69) is 24.5 Å². The van der Waals surface area contributed by atoms with Crippen molar-refractivity contribution < 1.29 is 9.59 Å². The van der Waals surface area contributed by atoms with Crippen molar-refractivity contribution in [3.8, 4) is 0 Å². The Bertz CT molecular complexity index is 290. The quantitative estimate of drug-likeness (QED) is 0.616. The lowest BCUT2D eigenvalue weighted by Crippen LogP contribution is -2.47. The maximum Gasteiger partial charge on any atom is 0.242 e. The Morgan fingerprint density at radius 3 is 2.05 bits per heavy atom. The average Bonchev–Trinajstić information content (AvgIpc) is 2.26. The van der Waals surface area contributed by atoms with E-state index in [9.17, 15) is 9.59 Å². The summed E-state index contributed by atoms with van der Waals surface area (Å²) in [5, 5.41) is 5.49. The first-order chi connectivity index (χ1) is 8.76.